The molecule has 0 spiro atoms. The maximum Gasteiger partial charge on any atom is 0.102 e. The molecule has 1 nitrogen and oxygen atoms in total. The Morgan fingerprint density at radius 3 is 2.55 bits per heavy atom. The highest BCUT2D eigenvalue weighted by Crippen LogP contribution is 2.15. The summed E-state index contributed by atoms with van der Waals surface area (Å²) in [6.07, 6.45) is 7.36. The number of piperidine rings is 1. The van der Waals surface area contributed by atoms with Crippen LogP contribution < -0.4 is 0 Å². The number of halogens is 1. The fourth-order valence-electron chi connectivity index (χ4n) is 1.44. The number of nitrogens with zero attached hydrogens (tertiary/aromatic N) is 1. The molecular weight excluding hydrogens is 141 g/mol. The van der Waals surface area contributed by atoms with Gasteiger partial charge in [-0.15, -0.1) is 12.3 Å². The van der Waals surface area contributed by atoms with Crippen molar-refractivity contribution >= 4 is 0 Å². The van der Waals surface area contributed by atoms with Gasteiger partial charge in [-0.1, -0.05) is 0 Å². The Labute approximate surface area is 67.6 Å². The van der Waals surface area contributed by atoms with Crippen LogP contribution >= 0.6 is 0 Å². The van der Waals surface area contributed by atoms with Crippen LogP contribution in [0.3, 0.4) is 0 Å². The zero-order valence-electron chi connectivity index (χ0n) is 6.72. The van der Waals surface area contributed by atoms with E-state index < -0.39 is 0 Å². The fraction of sp³-hybridized carbons (Fsp3) is 0.778. The van der Waals surface area contributed by atoms with Crippen molar-refractivity contribution in [3.63, 3.8) is 0 Å². The molecule has 0 amide bonds. The molecule has 62 valence electrons. The van der Waals surface area contributed by atoms with Gasteiger partial charge in [0, 0.05) is 12.5 Å². The number of likely N-dealkylation sites (tertiary alicyclic amines) is 1. The van der Waals surface area contributed by atoms with Crippen molar-refractivity contribution < 1.29 is 4.39 Å². The van der Waals surface area contributed by atoms with Crippen molar-refractivity contribution in [2.75, 3.05) is 26.3 Å². The molecular formula is C9H14FN. The first kappa shape index (κ1) is 8.55. The van der Waals surface area contributed by atoms with Crippen molar-refractivity contribution in [2.24, 2.45) is 5.92 Å². The van der Waals surface area contributed by atoms with E-state index in [9.17, 15) is 4.39 Å². The number of terminal acetylenes is 1. The Kier molecular flexibility index (Phi) is 3.38. The lowest BCUT2D eigenvalue weighted by atomic mass is 9.98. The number of alkyl halides is 1. The number of rotatable bonds is 2. The Hall–Kier alpha value is -0.550. The van der Waals surface area contributed by atoms with Crippen LogP contribution in [0.5, 0.6) is 0 Å². The first-order chi connectivity index (χ1) is 5.36. The molecule has 2 heteroatoms. The van der Waals surface area contributed by atoms with E-state index in [-0.39, 0.29) is 6.67 Å². The van der Waals surface area contributed by atoms with Gasteiger partial charge in [0.2, 0.25) is 0 Å². The third kappa shape index (κ3) is 2.51. The van der Waals surface area contributed by atoms with Crippen LogP contribution in [0.15, 0.2) is 0 Å². The standard InChI is InChI=1S/C9H14FN/c1-2-9-3-6-11(7-4-9)8-5-10/h1,9H,3-8H2. The Morgan fingerprint density at radius 1 is 1.45 bits per heavy atom. The monoisotopic (exact) mass is 155 g/mol. The van der Waals surface area contributed by atoms with Gasteiger partial charge in [0.15, 0.2) is 0 Å². The molecule has 0 aromatic carbocycles. The van der Waals surface area contributed by atoms with E-state index in [0.29, 0.717) is 12.5 Å². The van der Waals surface area contributed by atoms with Gasteiger partial charge in [0.1, 0.15) is 6.67 Å². The van der Waals surface area contributed by atoms with Gasteiger partial charge in [-0.25, -0.2) is 4.39 Å². The summed E-state index contributed by atoms with van der Waals surface area (Å²) < 4.78 is 11.9. The maximum atomic E-state index is 11.9. The minimum Gasteiger partial charge on any atom is -0.301 e. The molecule has 0 atom stereocenters. The molecule has 1 fully saturated rings. The van der Waals surface area contributed by atoms with Gasteiger partial charge in [-0.2, -0.15) is 0 Å². The predicted molar refractivity (Wildman–Crippen MR) is 44.0 cm³/mol. The molecule has 0 N–H and O–H groups in total. The van der Waals surface area contributed by atoms with Crippen molar-refractivity contribution in [2.45, 2.75) is 12.8 Å². The molecule has 0 saturated carbocycles. The minimum absolute atomic E-state index is 0.235. The first-order valence-corrected chi connectivity index (χ1v) is 4.11. The minimum atomic E-state index is -0.235. The summed E-state index contributed by atoms with van der Waals surface area (Å²) in [7, 11) is 0. The molecule has 1 saturated heterocycles. The maximum absolute atomic E-state index is 11.9. The second-order valence-corrected chi connectivity index (χ2v) is 2.97. The second kappa shape index (κ2) is 4.35. The Morgan fingerprint density at radius 2 is 2.09 bits per heavy atom. The van der Waals surface area contributed by atoms with Gasteiger partial charge in [-0.05, 0) is 25.9 Å². The molecule has 1 heterocycles. The van der Waals surface area contributed by atoms with Gasteiger partial charge in [-0.3, -0.25) is 0 Å². The Bertz CT molecular complexity index is 142. The summed E-state index contributed by atoms with van der Waals surface area (Å²) in [5, 5.41) is 0. The molecule has 1 aliphatic rings. The molecule has 11 heavy (non-hydrogen) atoms. The van der Waals surface area contributed by atoms with Crippen LogP contribution in [0.4, 0.5) is 4.39 Å². The lowest BCUT2D eigenvalue weighted by molar-refractivity contribution is 0.192. The van der Waals surface area contributed by atoms with E-state index in [1.165, 1.54) is 0 Å². The van der Waals surface area contributed by atoms with Crippen molar-refractivity contribution in [1.82, 2.24) is 4.90 Å². The smallest absolute Gasteiger partial charge is 0.102 e. The number of hydrogen-bond donors (Lipinski definition) is 0. The first-order valence-electron chi connectivity index (χ1n) is 4.11. The van der Waals surface area contributed by atoms with E-state index in [4.69, 9.17) is 6.42 Å². The molecule has 1 aliphatic heterocycles. The quantitative estimate of drug-likeness (QED) is 0.543. The van der Waals surface area contributed by atoms with Gasteiger partial charge in [0.25, 0.3) is 0 Å². The summed E-state index contributed by atoms with van der Waals surface area (Å²) in [6, 6.07) is 0. The van der Waals surface area contributed by atoms with Gasteiger partial charge in [0.05, 0.1) is 0 Å². The summed E-state index contributed by atoms with van der Waals surface area (Å²) in [5.74, 6) is 3.18. The lowest BCUT2D eigenvalue weighted by Crippen LogP contribution is -2.34. The summed E-state index contributed by atoms with van der Waals surface area (Å²) in [4.78, 5) is 2.13. The van der Waals surface area contributed by atoms with Crippen molar-refractivity contribution in [1.29, 1.82) is 0 Å². The van der Waals surface area contributed by atoms with Crippen LogP contribution in [-0.4, -0.2) is 31.2 Å². The van der Waals surface area contributed by atoms with Crippen LogP contribution in [0.2, 0.25) is 0 Å². The molecule has 0 aliphatic carbocycles. The van der Waals surface area contributed by atoms with E-state index >= 15 is 0 Å². The average molecular weight is 155 g/mol. The van der Waals surface area contributed by atoms with Crippen molar-refractivity contribution in [3.8, 4) is 12.3 Å². The van der Waals surface area contributed by atoms with Crippen LogP contribution in [0, 0.1) is 18.3 Å². The average Bonchev–Trinajstić information content (AvgIpc) is 2.07. The highest BCUT2D eigenvalue weighted by atomic mass is 19.1. The SMILES string of the molecule is C#CC1CCN(CCF)CC1. The van der Waals surface area contributed by atoms with Crippen molar-refractivity contribution in [3.05, 3.63) is 0 Å². The summed E-state index contributed by atoms with van der Waals surface area (Å²) >= 11 is 0. The molecule has 0 bridgehead atoms. The normalized spacial score (nSPS) is 21.5. The predicted octanol–water partition coefficient (Wildman–Crippen LogP) is 1.30. The molecule has 0 aromatic heterocycles. The Balaban J connectivity index is 2.20. The molecule has 0 aromatic rings. The fourth-order valence-corrected chi connectivity index (χ4v) is 1.44. The largest absolute Gasteiger partial charge is 0.301 e. The summed E-state index contributed by atoms with van der Waals surface area (Å²) in [5.41, 5.74) is 0. The molecule has 1 rings (SSSR count). The zero-order valence-corrected chi connectivity index (χ0v) is 6.72. The summed E-state index contributed by atoms with van der Waals surface area (Å²) in [6.45, 7) is 2.29. The van der Waals surface area contributed by atoms with Crippen LogP contribution in [0.25, 0.3) is 0 Å². The van der Waals surface area contributed by atoms with Gasteiger partial charge < -0.3 is 4.90 Å². The topological polar surface area (TPSA) is 3.24 Å². The third-order valence-corrected chi connectivity index (χ3v) is 2.22. The van der Waals surface area contributed by atoms with Gasteiger partial charge >= 0.3 is 0 Å². The third-order valence-electron chi connectivity index (χ3n) is 2.22. The highest BCUT2D eigenvalue weighted by Gasteiger charge is 2.16. The van der Waals surface area contributed by atoms with Crippen LogP contribution in [0.1, 0.15) is 12.8 Å². The van der Waals surface area contributed by atoms with E-state index in [2.05, 4.69) is 10.8 Å². The van der Waals surface area contributed by atoms with Crippen LogP contribution in [-0.2, 0) is 0 Å². The number of hydrogen-bond acceptors (Lipinski definition) is 1. The van der Waals surface area contributed by atoms with E-state index in [1.54, 1.807) is 0 Å². The zero-order chi connectivity index (χ0) is 8.10. The van der Waals surface area contributed by atoms with E-state index in [0.717, 1.165) is 25.9 Å². The highest BCUT2D eigenvalue weighted by molar-refractivity contribution is 4.95. The molecule has 0 radical (unpaired) electrons. The second-order valence-electron chi connectivity index (χ2n) is 2.97. The molecule has 0 unspecified atom stereocenters. The van der Waals surface area contributed by atoms with E-state index in [1.807, 2.05) is 0 Å². The lowest BCUT2D eigenvalue weighted by Gasteiger charge is -2.28.